The lowest BCUT2D eigenvalue weighted by atomic mass is 10.1. The molecular weight excluding hydrogens is 237 g/mol. The zero-order valence-corrected chi connectivity index (χ0v) is 7.84. The lowest BCUT2D eigenvalue weighted by Crippen LogP contribution is -1.89. The van der Waals surface area contributed by atoms with Crippen molar-refractivity contribution in [3.63, 3.8) is 0 Å². The Morgan fingerprint density at radius 1 is 1.60 bits per heavy atom. The van der Waals surface area contributed by atoms with Gasteiger partial charge in [-0.1, -0.05) is 40.8 Å². The van der Waals surface area contributed by atoms with Crippen molar-refractivity contribution in [3.05, 3.63) is 35.6 Å². The maximum atomic E-state index is 5.40. The SMILES string of the molecule is N/C=C1/C=CC=C1CCI. The third kappa shape index (κ3) is 1.62. The van der Waals surface area contributed by atoms with Crippen LogP contribution in [0.3, 0.4) is 0 Å². The van der Waals surface area contributed by atoms with E-state index in [9.17, 15) is 0 Å². The van der Waals surface area contributed by atoms with Crippen LogP contribution in [-0.4, -0.2) is 4.43 Å². The molecule has 0 radical (unpaired) electrons. The maximum absolute atomic E-state index is 5.40. The van der Waals surface area contributed by atoms with E-state index in [0.29, 0.717) is 0 Å². The highest BCUT2D eigenvalue weighted by atomic mass is 127. The first-order valence-corrected chi connectivity index (χ1v) is 4.76. The molecule has 2 N–H and O–H groups in total. The summed E-state index contributed by atoms with van der Waals surface area (Å²) in [4.78, 5) is 0. The second-order valence-electron chi connectivity index (χ2n) is 2.11. The van der Waals surface area contributed by atoms with Gasteiger partial charge >= 0.3 is 0 Å². The van der Waals surface area contributed by atoms with Crippen molar-refractivity contribution in [2.75, 3.05) is 4.43 Å². The molecule has 1 rings (SSSR count). The fourth-order valence-corrected chi connectivity index (χ4v) is 1.54. The molecule has 54 valence electrons. The molecule has 0 aromatic heterocycles. The molecule has 0 atom stereocenters. The molecule has 0 bridgehead atoms. The third-order valence-corrected chi connectivity index (χ3v) is 2.03. The second kappa shape index (κ2) is 3.81. The fraction of sp³-hybridized carbons (Fsp3) is 0.250. The summed E-state index contributed by atoms with van der Waals surface area (Å²) in [5, 5.41) is 0. The summed E-state index contributed by atoms with van der Waals surface area (Å²) in [7, 11) is 0. The Labute approximate surface area is 74.8 Å². The Morgan fingerprint density at radius 3 is 3.00 bits per heavy atom. The maximum Gasteiger partial charge on any atom is 0.00360 e. The van der Waals surface area contributed by atoms with E-state index in [0.717, 1.165) is 10.8 Å². The van der Waals surface area contributed by atoms with Crippen molar-refractivity contribution in [1.82, 2.24) is 0 Å². The molecule has 1 nitrogen and oxygen atoms in total. The van der Waals surface area contributed by atoms with Crippen LogP contribution in [0.4, 0.5) is 0 Å². The molecule has 0 saturated carbocycles. The molecule has 1 aliphatic rings. The predicted molar refractivity (Wildman–Crippen MR) is 53.0 cm³/mol. The molecule has 0 heterocycles. The van der Waals surface area contributed by atoms with Gasteiger partial charge < -0.3 is 5.73 Å². The molecule has 0 aromatic carbocycles. The van der Waals surface area contributed by atoms with Crippen LogP contribution in [-0.2, 0) is 0 Å². The van der Waals surface area contributed by atoms with E-state index in [1.807, 2.05) is 12.2 Å². The van der Waals surface area contributed by atoms with Crippen molar-refractivity contribution in [2.24, 2.45) is 5.73 Å². The number of hydrogen-bond donors (Lipinski definition) is 1. The molecule has 0 spiro atoms. The zero-order valence-electron chi connectivity index (χ0n) is 5.68. The molecule has 0 aliphatic heterocycles. The van der Waals surface area contributed by atoms with Gasteiger partial charge in [0.15, 0.2) is 0 Å². The monoisotopic (exact) mass is 247 g/mol. The van der Waals surface area contributed by atoms with Gasteiger partial charge in [-0.25, -0.2) is 0 Å². The van der Waals surface area contributed by atoms with Crippen LogP contribution >= 0.6 is 22.6 Å². The Bertz CT molecular complexity index is 201. The third-order valence-electron chi connectivity index (χ3n) is 1.49. The Balaban J connectivity index is 2.63. The van der Waals surface area contributed by atoms with Crippen molar-refractivity contribution in [1.29, 1.82) is 0 Å². The van der Waals surface area contributed by atoms with Crippen molar-refractivity contribution in [2.45, 2.75) is 6.42 Å². The van der Waals surface area contributed by atoms with E-state index in [1.54, 1.807) is 6.20 Å². The quantitative estimate of drug-likeness (QED) is 0.587. The van der Waals surface area contributed by atoms with E-state index in [-0.39, 0.29) is 0 Å². The van der Waals surface area contributed by atoms with Gasteiger partial charge in [0, 0.05) is 10.6 Å². The highest BCUT2D eigenvalue weighted by molar-refractivity contribution is 14.1. The molecule has 0 unspecified atom stereocenters. The molecule has 0 aromatic rings. The fourth-order valence-electron chi connectivity index (χ4n) is 0.963. The summed E-state index contributed by atoms with van der Waals surface area (Å²) in [5.41, 5.74) is 7.93. The summed E-state index contributed by atoms with van der Waals surface area (Å²) in [6, 6.07) is 0. The second-order valence-corrected chi connectivity index (χ2v) is 3.19. The summed E-state index contributed by atoms with van der Waals surface area (Å²) in [6.07, 6.45) is 9.00. The van der Waals surface area contributed by atoms with Crippen LogP contribution in [0, 0.1) is 0 Å². The Morgan fingerprint density at radius 2 is 2.40 bits per heavy atom. The number of rotatable bonds is 2. The number of halogens is 1. The first-order valence-electron chi connectivity index (χ1n) is 3.24. The van der Waals surface area contributed by atoms with E-state index < -0.39 is 0 Å². The summed E-state index contributed by atoms with van der Waals surface area (Å²) in [5.74, 6) is 0. The van der Waals surface area contributed by atoms with Gasteiger partial charge in [-0.15, -0.1) is 0 Å². The van der Waals surface area contributed by atoms with Gasteiger partial charge in [0.1, 0.15) is 0 Å². The normalized spacial score (nSPS) is 20.1. The highest BCUT2D eigenvalue weighted by Crippen LogP contribution is 2.20. The van der Waals surface area contributed by atoms with Crippen molar-refractivity contribution in [3.8, 4) is 0 Å². The molecular formula is C8H10IN. The van der Waals surface area contributed by atoms with Crippen LogP contribution in [0.1, 0.15) is 6.42 Å². The summed E-state index contributed by atoms with van der Waals surface area (Å²) in [6.45, 7) is 0. The van der Waals surface area contributed by atoms with Crippen LogP contribution in [0.15, 0.2) is 35.6 Å². The number of allylic oxidation sites excluding steroid dienone is 5. The van der Waals surface area contributed by atoms with Gasteiger partial charge in [-0.05, 0) is 17.6 Å². The van der Waals surface area contributed by atoms with Crippen LogP contribution < -0.4 is 5.73 Å². The predicted octanol–water partition coefficient (Wildman–Crippen LogP) is 2.15. The molecule has 0 saturated heterocycles. The Hall–Kier alpha value is -0.250. The standard InChI is InChI=1S/C8H10IN/c9-5-4-7-2-1-3-8(7)6-10/h1-3,6H,4-5,10H2/b8-6-. The minimum absolute atomic E-state index is 1.12. The average Bonchev–Trinajstić information content (AvgIpc) is 2.36. The van der Waals surface area contributed by atoms with Gasteiger partial charge in [0.2, 0.25) is 0 Å². The largest absolute Gasteiger partial charge is 0.404 e. The van der Waals surface area contributed by atoms with Gasteiger partial charge in [0.25, 0.3) is 0 Å². The van der Waals surface area contributed by atoms with Gasteiger partial charge in [-0.3, -0.25) is 0 Å². The molecule has 1 aliphatic carbocycles. The first kappa shape index (κ1) is 7.85. The highest BCUT2D eigenvalue weighted by Gasteiger charge is 2.03. The lowest BCUT2D eigenvalue weighted by molar-refractivity contribution is 1.17. The summed E-state index contributed by atoms with van der Waals surface area (Å²) < 4.78 is 1.16. The topological polar surface area (TPSA) is 26.0 Å². The smallest absolute Gasteiger partial charge is 0.00360 e. The van der Waals surface area contributed by atoms with Crippen LogP contribution in [0.2, 0.25) is 0 Å². The van der Waals surface area contributed by atoms with Crippen molar-refractivity contribution >= 4 is 22.6 Å². The van der Waals surface area contributed by atoms with E-state index in [2.05, 4.69) is 28.7 Å². The lowest BCUT2D eigenvalue weighted by Gasteiger charge is -1.99. The zero-order chi connectivity index (χ0) is 7.40. The average molecular weight is 247 g/mol. The number of hydrogen-bond acceptors (Lipinski definition) is 1. The molecule has 10 heavy (non-hydrogen) atoms. The minimum atomic E-state index is 1.12. The van der Waals surface area contributed by atoms with Crippen molar-refractivity contribution < 1.29 is 0 Å². The number of nitrogens with two attached hydrogens (primary N) is 1. The number of alkyl halides is 1. The minimum Gasteiger partial charge on any atom is -0.404 e. The molecule has 0 amide bonds. The van der Waals surface area contributed by atoms with E-state index in [4.69, 9.17) is 5.73 Å². The molecule has 0 fully saturated rings. The van der Waals surface area contributed by atoms with Crippen LogP contribution in [0.25, 0.3) is 0 Å². The van der Waals surface area contributed by atoms with E-state index >= 15 is 0 Å². The summed E-state index contributed by atoms with van der Waals surface area (Å²) >= 11 is 2.37. The Kier molecular flexibility index (Phi) is 2.99. The van der Waals surface area contributed by atoms with E-state index in [1.165, 1.54) is 11.1 Å². The van der Waals surface area contributed by atoms with Gasteiger partial charge in [-0.2, -0.15) is 0 Å². The van der Waals surface area contributed by atoms with Gasteiger partial charge in [0.05, 0.1) is 0 Å². The molecule has 2 heteroatoms. The first-order chi connectivity index (χ1) is 4.88. The van der Waals surface area contributed by atoms with Crippen LogP contribution in [0.5, 0.6) is 0 Å².